The molecule has 0 fully saturated rings. The van der Waals surface area contributed by atoms with Crippen molar-refractivity contribution in [3.8, 4) is 0 Å². The van der Waals surface area contributed by atoms with Crippen molar-refractivity contribution in [2.24, 2.45) is 0 Å². The smallest absolute Gasteiger partial charge is 0.264 e. The Morgan fingerprint density at radius 2 is 1.81 bits per heavy atom. The Morgan fingerprint density at radius 3 is 2.31 bits per heavy atom. The zero-order chi connectivity index (χ0) is 12.7. The summed E-state index contributed by atoms with van der Waals surface area (Å²) in [6.45, 7) is 5.83. The molecular formula is C9H23NO4SSi. The van der Waals surface area contributed by atoms with Crippen LogP contribution in [0.5, 0.6) is 0 Å². The van der Waals surface area contributed by atoms with Gasteiger partial charge in [-0.1, -0.05) is 0 Å². The zero-order valence-corrected chi connectivity index (χ0v) is 12.1. The Morgan fingerprint density at radius 1 is 1.25 bits per heavy atom. The molecule has 0 rings (SSSR count). The van der Waals surface area contributed by atoms with Crippen LogP contribution in [0, 0.1) is 0 Å². The van der Waals surface area contributed by atoms with Crippen LogP contribution in [-0.4, -0.2) is 47.2 Å². The third-order valence-electron chi connectivity index (χ3n) is 2.44. The van der Waals surface area contributed by atoms with E-state index in [9.17, 15) is 8.42 Å². The van der Waals surface area contributed by atoms with Crippen LogP contribution in [0.2, 0.25) is 19.1 Å². The predicted molar refractivity (Wildman–Crippen MR) is 67.8 cm³/mol. The molecule has 0 unspecified atom stereocenters. The van der Waals surface area contributed by atoms with Crippen LogP contribution in [0.25, 0.3) is 0 Å². The molecule has 0 radical (unpaired) electrons. The average molecular weight is 269 g/mol. The van der Waals surface area contributed by atoms with Gasteiger partial charge < -0.3 is 9.74 Å². The normalized spacial score (nSPS) is 13.0. The Hall–Kier alpha value is 0.0469. The van der Waals surface area contributed by atoms with Gasteiger partial charge in [-0.25, -0.2) is 0 Å². The van der Waals surface area contributed by atoms with Crippen molar-refractivity contribution in [1.82, 2.24) is 5.32 Å². The molecule has 0 amide bonds. The maximum absolute atomic E-state index is 10.4. The average Bonchev–Trinajstić information content (AvgIpc) is 2.14. The van der Waals surface area contributed by atoms with Gasteiger partial charge in [0.1, 0.15) is 0 Å². The highest BCUT2D eigenvalue weighted by Crippen LogP contribution is 2.11. The molecule has 0 heterocycles. The van der Waals surface area contributed by atoms with Crippen LogP contribution >= 0.6 is 0 Å². The molecule has 0 aromatic heterocycles. The molecule has 0 aromatic rings. The fraction of sp³-hybridized carbons (Fsp3) is 1.00. The molecule has 2 N–H and O–H groups in total. The highest BCUT2D eigenvalue weighted by atomic mass is 32.2. The molecule has 0 bridgehead atoms. The van der Waals surface area contributed by atoms with Gasteiger partial charge in [0.2, 0.25) is 0 Å². The molecule has 0 saturated heterocycles. The molecule has 0 aliphatic carbocycles. The van der Waals surface area contributed by atoms with Crippen LogP contribution in [0.4, 0.5) is 0 Å². The van der Waals surface area contributed by atoms with Crippen molar-refractivity contribution in [2.45, 2.75) is 32.0 Å². The zero-order valence-electron chi connectivity index (χ0n) is 10.3. The molecule has 0 aliphatic heterocycles. The Balaban J connectivity index is 3.35. The van der Waals surface area contributed by atoms with Gasteiger partial charge in [-0.3, -0.25) is 4.55 Å². The molecule has 5 nitrogen and oxygen atoms in total. The number of hydrogen-bond acceptors (Lipinski definition) is 4. The first kappa shape index (κ1) is 16.0. The molecule has 0 saturated carbocycles. The minimum Gasteiger partial charge on any atom is -0.420 e. The molecule has 0 aliphatic rings. The fourth-order valence-electron chi connectivity index (χ4n) is 1.25. The minimum atomic E-state index is -3.80. The Kier molecular flexibility index (Phi) is 7.41. The summed E-state index contributed by atoms with van der Waals surface area (Å²) < 4.78 is 34.7. The SMILES string of the molecule is CO[Si](C)(C)CCCNCCCS(=O)(=O)O. The van der Waals surface area contributed by atoms with Crippen molar-refractivity contribution in [1.29, 1.82) is 0 Å². The van der Waals surface area contributed by atoms with Crippen LogP contribution in [0.3, 0.4) is 0 Å². The lowest BCUT2D eigenvalue weighted by atomic mass is 10.4. The first-order valence-electron chi connectivity index (χ1n) is 5.48. The lowest BCUT2D eigenvalue weighted by molar-refractivity contribution is 0.401. The minimum absolute atomic E-state index is 0.168. The molecule has 0 spiro atoms. The van der Waals surface area contributed by atoms with Gasteiger partial charge >= 0.3 is 0 Å². The van der Waals surface area contributed by atoms with Crippen molar-refractivity contribution < 1.29 is 17.4 Å². The Labute approximate surface area is 99.5 Å². The van der Waals surface area contributed by atoms with Gasteiger partial charge in [0.25, 0.3) is 10.1 Å². The fourth-order valence-corrected chi connectivity index (χ4v) is 2.99. The molecule has 98 valence electrons. The van der Waals surface area contributed by atoms with Gasteiger partial charge in [0, 0.05) is 7.11 Å². The van der Waals surface area contributed by atoms with E-state index in [0.717, 1.165) is 19.0 Å². The molecule has 0 atom stereocenters. The van der Waals surface area contributed by atoms with Gasteiger partial charge in [0.15, 0.2) is 8.32 Å². The first-order chi connectivity index (χ1) is 7.27. The number of hydrogen-bond donors (Lipinski definition) is 2. The molecule has 0 aromatic carbocycles. The quantitative estimate of drug-likeness (QED) is 0.372. The van der Waals surface area contributed by atoms with Gasteiger partial charge in [-0.05, 0) is 45.1 Å². The topological polar surface area (TPSA) is 75.6 Å². The largest absolute Gasteiger partial charge is 0.420 e. The molecule has 7 heteroatoms. The predicted octanol–water partition coefficient (Wildman–Crippen LogP) is 1.10. The van der Waals surface area contributed by atoms with Crippen LogP contribution in [0.15, 0.2) is 0 Å². The monoisotopic (exact) mass is 269 g/mol. The summed E-state index contributed by atoms with van der Waals surface area (Å²) in [5.41, 5.74) is 0. The van der Waals surface area contributed by atoms with Crippen molar-refractivity contribution in [2.75, 3.05) is 26.0 Å². The van der Waals surface area contributed by atoms with Gasteiger partial charge in [-0.2, -0.15) is 8.42 Å². The lowest BCUT2D eigenvalue weighted by Crippen LogP contribution is -2.30. The van der Waals surface area contributed by atoms with E-state index in [0.29, 0.717) is 13.0 Å². The van der Waals surface area contributed by atoms with E-state index in [2.05, 4.69) is 18.4 Å². The van der Waals surface area contributed by atoms with E-state index in [4.69, 9.17) is 8.98 Å². The van der Waals surface area contributed by atoms with Crippen molar-refractivity contribution >= 4 is 18.4 Å². The summed E-state index contributed by atoms with van der Waals surface area (Å²) in [7, 11) is -3.49. The maximum atomic E-state index is 10.4. The first-order valence-corrected chi connectivity index (χ1v) is 10.2. The maximum Gasteiger partial charge on any atom is 0.264 e. The highest BCUT2D eigenvalue weighted by molar-refractivity contribution is 7.85. The van der Waals surface area contributed by atoms with E-state index < -0.39 is 18.4 Å². The highest BCUT2D eigenvalue weighted by Gasteiger charge is 2.19. The van der Waals surface area contributed by atoms with Gasteiger partial charge in [0.05, 0.1) is 5.75 Å². The molecular weight excluding hydrogens is 246 g/mol. The summed E-state index contributed by atoms with van der Waals surface area (Å²) in [5.74, 6) is -0.168. The van der Waals surface area contributed by atoms with Crippen LogP contribution < -0.4 is 5.32 Å². The van der Waals surface area contributed by atoms with E-state index in [1.165, 1.54) is 0 Å². The second-order valence-electron chi connectivity index (χ2n) is 4.46. The third-order valence-corrected chi connectivity index (χ3v) is 5.91. The summed E-state index contributed by atoms with van der Waals surface area (Å²) >= 11 is 0. The third kappa shape index (κ3) is 10.6. The Bertz CT molecular complexity index is 279. The van der Waals surface area contributed by atoms with E-state index in [1.807, 2.05) is 0 Å². The number of nitrogens with one attached hydrogen (secondary N) is 1. The summed E-state index contributed by atoms with van der Waals surface area (Å²) in [6.07, 6.45) is 1.49. The second-order valence-corrected chi connectivity index (χ2v) is 10.5. The summed E-state index contributed by atoms with van der Waals surface area (Å²) in [4.78, 5) is 0. The van der Waals surface area contributed by atoms with Crippen molar-refractivity contribution in [3.05, 3.63) is 0 Å². The number of rotatable bonds is 9. The summed E-state index contributed by atoms with van der Waals surface area (Å²) in [5, 5.41) is 3.15. The van der Waals surface area contributed by atoms with Gasteiger partial charge in [-0.15, -0.1) is 0 Å². The summed E-state index contributed by atoms with van der Waals surface area (Å²) in [6, 6.07) is 1.09. The van der Waals surface area contributed by atoms with Crippen molar-refractivity contribution in [3.63, 3.8) is 0 Å². The van der Waals surface area contributed by atoms with E-state index in [1.54, 1.807) is 7.11 Å². The standard InChI is InChI=1S/C9H23NO4SSi/c1-14-16(2,3)9-5-7-10-6-4-8-15(11,12)13/h10H,4-9H2,1-3H3,(H,11,12,13). The van der Waals surface area contributed by atoms with E-state index in [-0.39, 0.29) is 5.75 Å². The molecule has 16 heavy (non-hydrogen) atoms. The second kappa shape index (κ2) is 7.39. The van der Waals surface area contributed by atoms with Crippen LogP contribution in [0.1, 0.15) is 12.8 Å². The van der Waals surface area contributed by atoms with E-state index >= 15 is 0 Å². The van der Waals surface area contributed by atoms with Crippen LogP contribution in [-0.2, 0) is 14.5 Å². The lowest BCUT2D eigenvalue weighted by Gasteiger charge is -2.19.